The van der Waals surface area contributed by atoms with Crippen molar-refractivity contribution in [2.24, 2.45) is 0 Å². The highest BCUT2D eigenvalue weighted by molar-refractivity contribution is 5.71. The minimum Gasteiger partial charge on any atom is -0.462 e. The van der Waals surface area contributed by atoms with E-state index in [-0.39, 0.29) is 31.1 Å². The van der Waals surface area contributed by atoms with E-state index in [1.807, 2.05) is 0 Å². The van der Waals surface area contributed by atoms with Gasteiger partial charge >= 0.3 is 17.9 Å². The van der Waals surface area contributed by atoms with Gasteiger partial charge in [-0.2, -0.15) is 0 Å². The highest BCUT2D eigenvalue weighted by Gasteiger charge is 2.19. The molecule has 0 radical (unpaired) electrons. The number of allylic oxidation sites excluding steroid dienone is 16. The Morgan fingerprint density at radius 1 is 0.256 bits per heavy atom. The molecule has 82 heavy (non-hydrogen) atoms. The number of carbonyl (C=O) groups excluding carboxylic acids is 3. The van der Waals surface area contributed by atoms with Gasteiger partial charge in [-0.25, -0.2) is 0 Å². The fourth-order valence-electron chi connectivity index (χ4n) is 10.0. The average molecular weight is 1140 g/mol. The number of hydrogen-bond acceptors (Lipinski definition) is 6. The lowest BCUT2D eigenvalue weighted by molar-refractivity contribution is -0.167. The maximum Gasteiger partial charge on any atom is 0.306 e. The van der Waals surface area contributed by atoms with Gasteiger partial charge in [0.15, 0.2) is 6.10 Å². The first kappa shape index (κ1) is 78.3. The van der Waals surface area contributed by atoms with E-state index in [0.29, 0.717) is 19.3 Å². The molecule has 0 heterocycles. The van der Waals surface area contributed by atoms with Crippen LogP contribution in [0.5, 0.6) is 0 Å². The summed E-state index contributed by atoms with van der Waals surface area (Å²) in [5.41, 5.74) is 0. The van der Waals surface area contributed by atoms with Crippen molar-refractivity contribution in [3.8, 4) is 0 Å². The second-order valence-electron chi connectivity index (χ2n) is 23.4. The van der Waals surface area contributed by atoms with Crippen LogP contribution in [0.2, 0.25) is 0 Å². The zero-order valence-electron chi connectivity index (χ0n) is 54.2. The fraction of sp³-hybridized carbons (Fsp3) is 0.750. The van der Waals surface area contributed by atoms with E-state index in [1.165, 1.54) is 180 Å². The lowest BCUT2D eigenvalue weighted by Gasteiger charge is -2.18. The first-order valence-corrected chi connectivity index (χ1v) is 35.2. The summed E-state index contributed by atoms with van der Waals surface area (Å²) in [5.74, 6) is -0.903. The summed E-state index contributed by atoms with van der Waals surface area (Å²) in [6, 6.07) is 0. The number of hydrogen-bond donors (Lipinski definition) is 0. The Morgan fingerprint density at radius 2 is 0.500 bits per heavy atom. The monoisotopic (exact) mass is 1140 g/mol. The maximum atomic E-state index is 12.9. The van der Waals surface area contributed by atoms with Crippen molar-refractivity contribution in [2.75, 3.05) is 13.2 Å². The molecular formula is C76H132O6. The SMILES string of the molecule is CC/C=C\C/C=C\C/C=C\C/C=C\C/C=C\CCCCCCCC(=O)OC(COC(=O)CCCCCCC/C=C\CCC)COC(=O)CCCCCCCCCCCCCCCCCCCCCCC/C=C\C/C=C\CCCCCCC. The number of ether oxygens (including phenoxy) is 3. The van der Waals surface area contributed by atoms with Crippen molar-refractivity contribution in [3.05, 3.63) is 97.2 Å². The van der Waals surface area contributed by atoms with Crippen molar-refractivity contribution in [3.63, 3.8) is 0 Å². The Kier molecular flexibility index (Phi) is 66.7. The van der Waals surface area contributed by atoms with Gasteiger partial charge in [-0.05, 0) is 116 Å². The van der Waals surface area contributed by atoms with Crippen LogP contribution in [0.1, 0.15) is 348 Å². The van der Waals surface area contributed by atoms with E-state index in [0.717, 1.165) is 128 Å². The van der Waals surface area contributed by atoms with Crippen molar-refractivity contribution < 1.29 is 28.6 Å². The molecule has 0 N–H and O–H groups in total. The molecule has 0 spiro atoms. The van der Waals surface area contributed by atoms with Crippen LogP contribution in [0.4, 0.5) is 0 Å². The molecule has 0 aliphatic rings. The second-order valence-corrected chi connectivity index (χ2v) is 23.4. The number of esters is 3. The molecular weight excluding hydrogens is 1010 g/mol. The van der Waals surface area contributed by atoms with E-state index in [1.54, 1.807) is 0 Å². The van der Waals surface area contributed by atoms with Gasteiger partial charge in [-0.3, -0.25) is 14.4 Å². The fourth-order valence-corrected chi connectivity index (χ4v) is 10.0. The van der Waals surface area contributed by atoms with Crippen molar-refractivity contribution in [1.82, 2.24) is 0 Å². The minimum absolute atomic E-state index is 0.0857. The van der Waals surface area contributed by atoms with E-state index in [4.69, 9.17) is 14.2 Å². The van der Waals surface area contributed by atoms with Crippen LogP contribution in [0, 0.1) is 0 Å². The van der Waals surface area contributed by atoms with Crippen LogP contribution in [0.15, 0.2) is 97.2 Å². The molecule has 0 rings (SSSR count). The summed E-state index contributed by atoms with van der Waals surface area (Å²) in [4.78, 5) is 38.3. The molecule has 0 saturated heterocycles. The van der Waals surface area contributed by atoms with Crippen LogP contribution in [0.25, 0.3) is 0 Å². The molecule has 0 fully saturated rings. The van der Waals surface area contributed by atoms with E-state index in [2.05, 4.69) is 118 Å². The van der Waals surface area contributed by atoms with Crippen LogP contribution in [-0.2, 0) is 28.6 Å². The highest BCUT2D eigenvalue weighted by Crippen LogP contribution is 2.17. The molecule has 0 aromatic rings. The van der Waals surface area contributed by atoms with Crippen LogP contribution >= 0.6 is 0 Å². The standard InChI is InChI=1S/C76H132O6/c1-4-7-10-13-16-19-22-24-26-28-30-32-33-34-35-36-37-38-39-40-41-42-43-45-46-48-50-52-54-57-60-63-66-69-75(78)81-72-73(71-80-74(77)68-65-62-59-56-21-18-15-12-9-6-3)82-76(79)70-67-64-61-58-55-53-51-49-47-44-31-29-27-25-23-20-17-14-11-8-5-2/h8,11-12,15,17,20,22,24-25,27-28,30-31,44,49,51,73H,4-7,9-10,13-14,16,18-19,21,23,26,29,32-43,45-48,50,52-72H2,1-3H3/b11-8-,15-12-,20-17-,24-22-,27-25-,30-28-,44-31-,51-49-. The first-order valence-electron chi connectivity index (χ1n) is 35.2. The lowest BCUT2D eigenvalue weighted by Crippen LogP contribution is -2.30. The molecule has 0 aromatic heterocycles. The van der Waals surface area contributed by atoms with E-state index < -0.39 is 6.10 Å². The van der Waals surface area contributed by atoms with Gasteiger partial charge in [0, 0.05) is 19.3 Å². The second kappa shape index (κ2) is 69.8. The van der Waals surface area contributed by atoms with E-state index in [9.17, 15) is 14.4 Å². The van der Waals surface area contributed by atoms with Crippen LogP contribution in [-0.4, -0.2) is 37.2 Å². The van der Waals surface area contributed by atoms with E-state index >= 15 is 0 Å². The summed E-state index contributed by atoms with van der Waals surface area (Å²) < 4.78 is 16.9. The Labute approximate surface area is 508 Å². The first-order chi connectivity index (χ1) is 40.5. The summed E-state index contributed by atoms with van der Waals surface area (Å²) in [6.45, 7) is 6.46. The lowest BCUT2D eigenvalue weighted by atomic mass is 10.0. The number of rotatable bonds is 64. The van der Waals surface area contributed by atoms with Crippen molar-refractivity contribution >= 4 is 17.9 Å². The number of carbonyl (C=O) groups is 3. The van der Waals surface area contributed by atoms with Gasteiger partial charge < -0.3 is 14.2 Å². The summed E-state index contributed by atoms with van der Waals surface area (Å²) in [7, 11) is 0. The molecule has 6 heteroatoms. The molecule has 1 atom stereocenters. The molecule has 0 aliphatic heterocycles. The minimum atomic E-state index is -0.791. The van der Waals surface area contributed by atoms with Gasteiger partial charge in [-0.15, -0.1) is 0 Å². The Bertz CT molecular complexity index is 1590. The normalized spacial score (nSPS) is 12.7. The molecule has 1 unspecified atom stereocenters. The predicted molar refractivity (Wildman–Crippen MR) is 357 cm³/mol. The Morgan fingerprint density at radius 3 is 0.805 bits per heavy atom. The topological polar surface area (TPSA) is 78.9 Å². The van der Waals surface area contributed by atoms with Crippen LogP contribution in [0.3, 0.4) is 0 Å². The smallest absolute Gasteiger partial charge is 0.306 e. The molecule has 0 saturated carbocycles. The molecule has 0 bridgehead atoms. The van der Waals surface area contributed by atoms with Gasteiger partial charge in [0.05, 0.1) is 0 Å². The van der Waals surface area contributed by atoms with Crippen molar-refractivity contribution in [2.45, 2.75) is 354 Å². The molecule has 0 amide bonds. The molecule has 472 valence electrons. The highest BCUT2D eigenvalue weighted by atomic mass is 16.6. The molecule has 0 aliphatic carbocycles. The predicted octanol–water partition coefficient (Wildman–Crippen LogP) is 24.4. The average Bonchev–Trinajstić information content (AvgIpc) is 3.47. The molecule has 0 aromatic carbocycles. The summed E-state index contributed by atoms with van der Waals surface area (Å²) in [5, 5.41) is 0. The van der Waals surface area contributed by atoms with Crippen molar-refractivity contribution in [1.29, 1.82) is 0 Å². The maximum absolute atomic E-state index is 12.9. The third-order valence-corrected chi connectivity index (χ3v) is 15.3. The van der Waals surface area contributed by atoms with Gasteiger partial charge in [0.2, 0.25) is 0 Å². The third-order valence-electron chi connectivity index (χ3n) is 15.3. The zero-order chi connectivity index (χ0) is 59.2. The quantitative estimate of drug-likeness (QED) is 0.0261. The Balaban J connectivity index is 4.13. The zero-order valence-corrected chi connectivity index (χ0v) is 54.2. The van der Waals surface area contributed by atoms with Gasteiger partial charge in [0.1, 0.15) is 13.2 Å². The largest absolute Gasteiger partial charge is 0.462 e. The Hall–Kier alpha value is -3.67. The summed E-state index contributed by atoms with van der Waals surface area (Å²) >= 11 is 0. The third kappa shape index (κ3) is 67.1. The van der Waals surface area contributed by atoms with Gasteiger partial charge in [0.25, 0.3) is 0 Å². The van der Waals surface area contributed by atoms with Crippen LogP contribution < -0.4 is 0 Å². The number of unbranched alkanes of at least 4 members (excludes halogenated alkanes) is 37. The molecule has 6 nitrogen and oxygen atoms in total. The van der Waals surface area contributed by atoms with Gasteiger partial charge in [-0.1, -0.05) is 311 Å². The summed E-state index contributed by atoms with van der Waals surface area (Å²) in [6.07, 6.45) is 94.6.